The molecule has 0 bridgehead atoms. The van der Waals surface area contributed by atoms with Crippen LogP contribution in [0.4, 0.5) is 0 Å². The van der Waals surface area contributed by atoms with Gasteiger partial charge in [-0.1, -0.05) is 6.42 Å². The van der Waals surface area contributed by atoms with Gasteiger partial charge < -0.3 is 5.32 Å². The molecular formula is C10H19NO3S. The molecule has 1 amide bonds. The van der Waals surface area contributed by atoms with Crippen molar-refractivity contribution in [3.05, 3.63) is 0 Å². The Labute approximate surface area is 91.4 Å². The molecule has 0 unspecified atom stereocenters. The first kappa shape index (κ1) is 12.5. The van der Waals surface area contributed by atoms with Gasteiger partial charge in [-0.25, -0.2) is 8.42 Å². The summed E-state index contributed by atoms with van der Waals surface area (Å²) in [4.78, 5) is 10.9. The van der Waals surface area contributed by atoms with Gasteiger partial charge in [-0.2, -0.15) is 0 Å². The third-order valence-corrected chi connectivity index (χ3v) is 4.99. The Bertz CT molecular complexity index is 307. The number of carbonyl (C=O) groups excluding carboxylic acids is 1. The molecule has 0 aromatic heterocycles. The molecule has 1 rings (SSSR count). The molecule has 15 heavy (non-hydrogen) atoms. The number of nitrogens with one attached hydrogen (secondary N) is 1. The van der Waals surface area contributed by atoms with Crippen molar-refractivity contribution in [2.24, 2.45) is 0 Å². The Kier molecular flexibility index (Phi) is 4.57. The molecule has 4 nitrogen and oxygen atoms in total. The number of rotatable bonds is 7. The number of hydrogen-bond acceptors (Lipinski definition) is 3. The largest absolute Gasteiger partial charge is 0.359 e. The second-order valence-corrected chi connectivity index (χ2v) is 6.45. The smallest absolute Gasteiger partial charge is 0.219 e. The fourth-order valence-corrected chi connectivity index (χ4v) is 3.28. The number of hydrogen-bond donors (Lipinski definition) is 1. The molecule has 0 radical (unpaired) electrons. The molecule has 1 N–H and O–H groups in total. The maximum atomic E-state index is 11.5. The van der Waals surface area contributed by atoms with Crippen LogP contribution in [0.3, 0.4) is 0 Å². The van der Waals surface area contributed by atoms with Gasteiger partial charge >= 0.3 is 0 Å². The van der Waals surface area contributed by atoms with E-state index in [9.17, 15) is 13.2 Å². The van der Waals surface area contributed by atoms with Crippen molar-refractivity contribution in [1.29, 1.82) is 0 Å². The van der Waals surface area contributed by atoms with Crippen molar-refractivity contribution in [1.82, 2.24) is 5.32 Å². The lowest BCUT2D eigenvalue weighted by molar-refractivity contribution is -0.120. The number of amides is 1. The molecule has 0 aromatic carbocycles. The molecule has 5 heteroatoms. The Balaban J connectivity index is 2.04. The average molecular weight is 233 g/mol. The molecule has 0 spiro atoms. The molecule has 1 fully saturated rings. The van der Waals surface area contributed by atoms with E-state index in [1.54, 1.807) is 7.05 Å². The van der Waals surface area contributed by atoms with Crippen LogP contribution in [-0.4, -0.2) is 32.4 Å². The summed E-state index contributed by atoms with van der Waals surface area (Å²) in [5.74, 6) is 0.325. The van der Waals surface area contributed by atoms with E-state index in [4.69, 9.17) is 0 Å². The summed E-state index contributed by atoms with van der Waals surface area (Å²) < 4.78 is 22.9. The summed E-state index contributed by atoms with van der Waals surface area (Å²) in [6, 6.07) is 0. The van der Waals surface area contributed by atoms with Gasteiger partial charge in [0.05, 0.1) is 11.0 Å². The first-order valence-electron chi connectivity index (χ1n) is 5.48. The molecule has 1 saturated carbocycles. The second-order valence-electron chi connectivity index (χ2n) is 4.05. The zero-order valence-electron chi connectivity index (χ0n) is 9.16. The van der Waals surface area contributed by atoms with Crippen LogP contribution >= 0.6 is 0 Å². The molecule has 0 aromatic rings. The van der Waals surface area contributed by atoms with Gasteiger partial charge in [-0.15, -0.1) is 0 Å². The summed E-state index contributed by atoms with van der Waals surface area (Å²) in [5.41, 5.74) is 0. The quantitative estimate of drug-likeness (QED) is 0.664. The van der Waals surface area contributed by atoms with Crippen molar-refractivity contribution in [2.45, 2.75) is 43.8 Å². The van der Waals surface area contributed by atoms with Crippen LogP contribution in [0.2, 0.25) is 0 Å². The van der Waals surface area contributed by atoms with E-state index in [0.717, 1.165) is 25.7 Å². The average Bonchev–Trinajstić information content (AvgIpc) is 3.00. The van der Waals surface area contributed by atoms with E-state index in [0.29, 0.717) is 18.6 Å². The maximum absolute atomic E-state index is 11.5. The topological polar surface area (TPSA) is 63.2 Å². The molecule has 0 aliphatic heterocycles. The maximum Gasteiger partial charge on any atom is 0.219 e. The number of unbranched alkanes of at least 4 members (excludes halogenated alkanes) is 2. The summed E-state index contributed by atoms with van der Waals surface area (Å²) in [6.07, 6.45) is 4.48. The minimum absolute atomic E-state index is 0.0278. The van der Waals surface area contributed by atoms with Gasteiger partial charge in [0.25, 0.3) is 0 Å². The Morgan fingerprint density at radius 3 is 2.47 bits per heavy atom. The van der Waals surface area contributed by atoms with Crippen molar-refractivity contribution in [2.75, 3.05) is 12.8 Å². The van der Waals surface area contributed by atoms with Crippen molar-refractivity contribution in [3.8, 4) is 0 Å². The lowest BCUT2D eigenvalue weighted by Crippen LogP contribution is -2.17. The minimum Gasteiger partial charge on any atom is -0.359 e. The van der Waals surface area contributed by atoms with Gasteiger partial charge in [-0.05, 0) is 25.7 Å². The summed E-state index contributed by atoms with van der Waals surface area (Å²) >= 11 is 0. The van der Waals surface area contributed by atoms with E-state index in [1.165, 1.54) is 0 Å². The standard InChI is InChI=1S/C10H19NO3S/c1-11-10(12)5-3-2-4-8-15(13,14)9-6-7-9/h9H,2-8H2,1H3,(H,11,12). The predicted molar refractivity (Wildman–Crippen MR) is 59.3 cm³/mol. The Morgan fingerprint density at radius 1 is 1.27 bits per heavy atom. The SMILES string of the molecule is CNC(=O)CCCCCS(=O)(=O)C1CC1. The molecule has 1 aliphatic carbocycles. The molecule has 88 valence electrons. The van der Waals surface area contributed by atoms with Crippen molar-refractivity contribution in [3.63, 3.8) is 0 Å². The summed E-state index contributed by atoms with van der Waals surface area (Å²) in [5, 5.41) is 2.50. The fraction of sp³-hybridized carbons (Fsp3) is 0.900. The lowest BCUT2D eigenvalue weighted by atomic mass is 10.2. The highest BCUT2D eigenvalue weighted by atomic mass is 32.2. The minimum atomic E-state index is -2.79. The molecule has 0 saturated heterocycles. The molecule has 1 aliphatic rings. The van der Waals surface area contributed by atoms with Crippen LogP contribution in [0.25, 0.3) is 0 Å². The van der Waals surface area contributed by atoms with E-state index in [2.05, 4.69) is 5.32 Å². The van der Waals surface area contributed by atoms with Gasteiger partial charge in [0.15, 0.2) is 9.84 Å². The van der Waals surface area contributed by atoms with Gasteiger partial charge in [-0.3, -0.25) is 4.79 Å². The van der Waals surface area contributed by atoms with Crippen LogP contribution in [-0.2, 0) is 14.6 Å². The fourth-order valence-electron chi connectivity index (χ4n) is 1.48. The number of carbonyl (C=O) groups is 1. The van der Waals surface area contributed by atoms with Crippen LogP contribution in [0.1, 0.15) is 38.5 Å². The van der Waals surface area contributed by atoms with E-state index in [1.807, 2.05) is 0 Å². The second kappa shape index (κ2) is 5.49. The third-order valence-electron chi connectivity index (χ3n) is 2.64. The highest BCUT2D eigenvalue weighted by Crippen LogP contribution is 2.29. The zero-order valence-corrected chi connectivity index (χ0v) is 9.98. The highest BCUT2D eigenvalue weighted by Gasteiger charge is 2.34. The van der Waals surface area contributed by atoms with Crippen LogP contribution < -0.4 is 5.32 Å². The van der Waals surface area contributed by atoms with E-state index >= 15 is 0 Å². The van der Waals surface area contributed by atoms with E-state index in [-0.39, 0.29) is 11.2 Å². The van der Waals surface area contributed by atoms with E-state index < -0.39 is 9.84 Å². The van der Waals surface area contributed by atoms with Crippen molar-refractivity contribution >= 4 is 15.7 Å². The van der Waals surface area contributed by atoms with Gasteiger partial charge in [0.2, 0.25) is 5.91 Å². The first-order valence-corrected chi connectivity index (χ1v) is 7.20. The first-order chi connectivity index (χ1) is 7.06. The third kappa shape index (κ3) is 4.64. The van der Waals surface area contributed by atoms with Crippen LogP contribution in [0, 0.1) is 0 Å². The van der Waals surface area contributed by atoms with Crippen LogP contribution in [0.15, 0.2) is 0 Å². The number of sulfone groups is 1. The molecular weight excluding hydrogens is 214 g/mol. The van der Waals surface area contributed by atoms with Crippen molar-refractivity contribution < 1.29 is 13.2 Å². The molecule has 0 atom stereocenters. The van der Waals surface area contributed by atoms with Crippen LogP contribution in [0.5, 0.6) is 0 Å². The normalized spacial score (nSPS) is 16.3. The molecule has 0 heterocycles. The predicted octanol–water partition coefficient (Wildman–Crippen LogP) is 0.870. The zero-order chi connectivity index (χ0) is 11.3. The Hall–Kier alpha value is -0.580. The summed E-state index contributed by atoms with van der Waals surface area (Å²) in [6.45, 7) is 0. The van der Waals surface area contributed by atoms with Gasteiger partial charge in [0, 0.05) is 13.5 Å². The highest BCUT2D eigenvalue weighted by molar-refractivity contribution is 7.92. The Morgan fingerprint density at radius 2 is 1.93 bits per heavy atom. The summed E-state index contributed by atoms with van der Waals surface area (Å²) in [7, 11) is -1.18. The van der Waals surface area contributed by atoms with Gasteiger partial charge in [0.1, 0.15) is 0 Å². The monoisotopic (exact) mass is 233 g/mol. The lowest BCUT2D eigenvalue weighted by Gasteiger charge is -2.02.